The van der Waals surface area contributed by atoms with E-state index < -0.39 is 12.0 Å². The zero-order valence-electron chi connectivity index (χ0n) is 11.5. The van der Waals surface area contributed by atoms with Crippen molar-refractivity contribution >= 4 is 34.7 Å². The summed E-state index contributed by atoms with van der Waals surface area (Å²) in [6.07, 6.45) is 0.956. The Balaban J connectivity index is 2.14. The number of anilines is 1. The minimum atomic E-state index is -0.933. The van der Waals surface area contributed by atoms with Crippen molar-refractivity contribution in [2.75, 3.05) is 18.9 Å². The van der Waals surface area contributed by atoms with Crippen molar-refractivity contribution in [3.63, 3.8) is 0 Å². The van der Waals surface area contributed by atoms with Gasteiger partial charge in [-0.3, -0.25) is 4.79 Å². The van der Waals surface area contributed by atoms with Gasteiger partial charge in [-0.1, -0.05) is 17.7 Å². The van der Waals surface area contributed by atoms with Crippen LogP contribution in [-0.4, -0.2) is 41.5 Å². The van der Waals surface area contributed by atoms with E-state index in [1.165, 1.54) is 0 Å². The quantitative estimate of drug-likeness (QED) is 0.781. The first-order valence-corrected chi connectivity index (χ1v) is 7.12. The van der Waals surface area contributed by atoms with Crippen molar-refractivity contribution < 1.29 is 14.7 Å². The maximum Gasteiger partial charge on any atom is 0.326 e. The molecule has 1 unspecified atom stereocenters. The third kappa shape index (κ3) is 2.38. The molecule has 1 atom stereocenters. The Morgan fingerprint density at radius 3 is 2.81 bits per heavy atom. The average molecular weight is 307 g/mol. The van der Waals surface area contributed by atoms with E-state index in [9.17, 15) is 14.7 Å². The summed E-state index contributed by atoms with van der Waals surface area (Å²) in [7, 11) is 1.76. The second-order valence-electron chi connectivity index (χ2n) is 5.36. The molecule has 6 heteroatoms. The van der Waals surface area contributed by atoms with Gasteiger partial charge in [0, 0.05) is 41.9 Å². The number of carboxylic acid groups (broad SMARTS) is 1. The molecule has 0 radical (unpaired) electrons. The van der Waals surface area contributed by atoms with Gasteiger partial charge in [0.05, 0.1) is 0 Å². The van der Waals surface area contributed by atoms with Gasteiger partial charge >= 0.3 is 5.97 Å². The Hall–Kier alpha value is -2.01. The highest BCUT2D eigenvalue weighted by molar-refractivity contribution is 6.31. The van der Waals surface area contributed by atoms with Gasteiger partial charge in [-0.25, -0.2) is 4.79 Å². The molecule has 2 aliphatic heterocycles. The van der Waals surface area contributed by atoms with E-state index >= 15 is 0 Å². The second-order valence-corrected chi connectivity index (χ2v) is 5.80. The number of hydrogen-bond acceptors (Lipinski definition) is 3. The molecule has 110 valence electrons. The number of benzene rings is 1. The Morgan fingerprint density at radius 1 is 1.43 bits per heavy atom. The summed E-state index contributed by atoms with van der Waals surface area (Å²) in [5.74, 6) is -0.950. The van der Waals surface area contributed by atoms with Crippen LogP contribution in [0.1, 0.15) is 18.4 Å². The van der Waals surface area contributed by atoms with E-state index in [1.807, 2.05) is 6.07 Å². The normalized spacial score (nSPS) is 24.8. The lowest BCUT2D eigenvalue weighted by molar-refractivity contribution is -0.137. The largest absolute Gasteiger partial charge is 0.480 e. The molecule has 0 saturated carbocycles. The fourth-order valence-corrected chi connectivity index (χ4v) is 3.06. The number of rotatable bonds is 1. The molecule has 1 fully saturated rings. The van der Waals surface area contributed by atoms with Gasteiger partial charge in [-0.15, -0.1) is 0 Å². The van der Waals surface area contributed by atoms with Crippen LogP contribution in [0, 0.1) is 0 Å². The first-order chi connectivity index (χ1) is 9.97. The lowest BCUT2D eigenvalue weighted by Gasteiger charge is -2.27. The van der Waals surface area contributed by atoms with Crippen LogP contribution in [0.5, 0.6) is 0 Å². The smallest absolute Gasteiger partial charge is 0.326 e. The summed E-state index contributed by atoms with van der Waals surface area (Å²) < 4.78 is 0. The molecule has 0 aliphatic carbocycles. The maximum atomic E-state index is 12.2. The minimum absolute atomic E-state index is 0.0167. The Labute approximate surface area is 127 Å². The standard InChI is InChI=1S/C15H15ClN2O3/c1-18-5-4-10(14(18)19)11-7-13(15(20)21)17-12-6-8(16)2-3-9(11)12/h2-3,6,13,17H,4-5,7H2,1H3,(H,20,21)/b11-10+. The number of halogens is 1. The van der Waals surface area contributed by atoms with Crippen molar-refractivity contribution in [1.82, 2.24) is 4.90 Å². The lowest BCUT2D eigenvalue weighted by Crippen LogP contribution is -2.33. The molecule has 0 aromatic heterocycles. The maximum absolute atomic E-state index is 12.2. The van der Waals surface area contributed by atoms with Crippen molar-refractivity contribution in [3.05, 3.63) is 34.4 Å². The summed E-state index contributed by atoms with van der Waals surface area (Å²) in [4.78, 5) is 25.2. The molecular formula is C15H15ClN2O3. The Morgan fingerprint density at radius 2 is 2.19 bits per heavy atom. The Bertz CT molecular complexity index is 669. The predicted molar refractivity (Wildman–Crippen MR) is 80.3 cm³/mol. The van der Waals surface area contributed by atoms with Crippen LogP contribution >= 0.6 is 11.6 Å². The van der Waals surface area contributed by atoms with Gasteiger partial charge in [0.15, 0.2) is 0 Å². The number of carbonyl (C=O) groups excluding carboxylic acids is 1. The van der Waals surface area contributed by atoms with E-state index in [1.54, 1.807) is 24.1 Å². The van der Waals surface area contributed by atoms with Gasteiger partial charge in [0.1, 0.15) is 6.04 Å². The minimum Gasteiger partial charge on any atom is -0.480 e. The van der Waals surface area contributed by atoms with Crippen molar-refractivity contribution in [2.45, 2.75) is 18.9 Å². The number of carboxylic acids is 1. The fourth-order valence-electron chi connectivity index (χ4n) is 2.89. The average Bonchev–Trinajstić information content (AvgIpc) is 2.77. The van der Waals surface area contributed by atoms with Crippen LogP contribution in [0.3, 0.4) is 0 Å². The van der Waals surface area contributed by atoms with Crippen LogP contribution in [0.15, 0.2) is 23.8 Å². The van der Waals surface area contributed by atoms with Crippen LogP contribution < -0.4 is 5.32 Å². The summed E-state index contributed by atoms with van der Waals surface area (Å²) in [6, 6.07) is 4.57. The number of carbonyl (C=O) groups is 2. The van der Waals surface area contributed by atoms with Crippen LogP contribution in [0.2, 0.25) is 5.02 Å². The van der Waals surface area contributed by atoms with E-state index in [-0.39, 0.29) is 5.91 Å². The molecule has 2 heterocycles. The molecule has 21 heavy (non-hydrogen) atoms. The topological polar surface area (TPSA) is 69.6 Å². The predicted octanol–water partition coefficient (Wildman–Crippen LogP) is 2.22. The first kappa shape index (κ1) is 13.9. The molecule has 0 bridgehead atoms. The molecule has 0 spiro atoms. The van der Waals surface area contributed by atoms with Gasteiger partial charge in [0.25, 0.3) is 0 Å². The molecule has 1 saturated heterocycles. The number of likely N-dealkylation sites (tertiary alicyclic amines) is 1. The zero-order chi connectivity index (χ0) is 15.1. The molecule has 5 nitrogen and oxygen atoms in total. The second kappa shape index (κ2) is 5.07. The fraction of sp³-hybridized carbons (Fsp3) is 0.333. The highest BCUT2D eigenvalue weighted by Gasteiger charge is 2.33. The molecule has 2 N–H and O–H groups in total. The zero-order valence-corrected chi connectivity index (χ0v) is 12.3. The van der Waals surface area contributed by atoms with Crippen LogP contribution in [0.4, 0.5) is 5.69 Å². The van der Waals surface area contributed by atoms with Gasteiger partial charge in [0.2, 0.25) is 5.91 Å². The number of amides is 1. The van der Waals surface area contributed by atoms with Crippen molar-refractivity contribution in [1.29, 1.82) is 0 Å². The van der Waals surface area contributed by atoms with E-state index in [4.69, 9.17) is 11.6 Å². The number of nitrogens with zero attached hydrogens (tertiary/aromatic N) is 1. The highest BCUT2D eigenvalue weighted by Crippen LogP contribution is 2.39. The van der Waals surface area contributed by atoms with E-state index in [0.29, 0.717) is 35.7 Å². The summed E-state index contributed by atoms with van der Waals surface area (Å²) in [6.45, 7) is 0.672. The third-order valence-electron chi connectivity index (χ3n) is 4.01. The van der Waals surface area contributed by atoms with Gasteiger partial charge < -0.3 is 15.3 Å². The lowest BCUT2D eigenvalue weighted by atomic mass is 9.88. The molecule has 1 aromatic carbocycles. The van der Waals surface area contributed by atoms with Crippen molar-refractivity contribution in [2.24, 2.45) is 0 Å². The first-order valence-electron chi connectivity index (χ1n) is 6.74. The van der Waals surface area contributed by atoms with Gasteiger partial charge in [-0.05, 0) is 24.1 Å². The van der Waals surface area contributed by atoms with E-state index in [2.05, 4.69) is 5.32 Å². The number of fused-ring (bicyclic) bond motifs is 1. The molecule has 1 aromatic rings. The molecule has 2 aliphatic rings. The van der Waals surface area contributed by atoms with Crippen LogP contribution in [0.25, 0.3) is 5.57 Å². The number of likely N-dealkylation sites (N-methyl/N-ethyl adjacent to an activating group) is 1. The Kier molecular flexibility index (Phi) is 3.37. The molecule has 1 amide bonds. The van der Waals surface area contributed by atoms with Crippen LogP contribution in [-0.2, 0) is 9.59 Å². The SMILES string of the molecule is CN1CC/C(=C2/CC(C(=O)O)Nc3cc(Cl)ccc32)C1=O. The summed E-state index contributed by atoms with van der Waals surface area (Å²) in [5.41, 5.74) is 3.08. The monoisotopic (exact) mass is 306 g/mol. The van der Waals surface area contributed by atoms with Gasteiger partial charge in [-0.2, -0.15) is 0 Å². The summed E-state index contributed by atoms with van der Waals surface area (Å²) in [5, 5.41) is 12.8. The number of hydrogen-bond donors (Lipinski definition) is 2. The molecular weight excluding hydrogens is 292 g/mol. The highest BCUT2D eigenvalue weighted by atomic mass is 35.5. The van der Waals surface area contributed by atoms with Crippen molar-refractivity contribution in [3.8, 4) is 0 Å². The number of nitrogens with one attached hydrogen (secondary N) is 1. The summed E-state index contributed by atoms with van der Waals surface area (Å²) >= 11 is 5.98. The van der Waals surface area contributed by atoms with E-state index in [0.717, 1.165) is 11.1 Å². The number of aliphatic carboxylic acids is 1. The molecule has 3 rings (SSSR count). The third-order valence-corrected chi connectivity index (χ3v) is 4.24.